The Labute approximate surface area is 190 Å². The summed E-state index contributed by atoms with van der Waals surface area (Å²) in [6, 6.07) is 9.61. The van der Waals surface area contributed by atoms with Crippen LogP contribution in [0, 0.1) is 5.82 Å². The second kappa shape index (κ2) is 9.27. The van der Waals surface area contributed by atoms with Crippen LogP contribution in [0.2, 0.25) is 0 Å². The molecule has 1 unspecified atom stereocenters. The minimum absolute atomic E-state index is 0.0766. The molecular formula is C23H27FN6O3. The number of hydrogen-bond donors (Lipinski definition) is 4. The fraction of sp³-hybridized carbons (Fsp3) is 0.304. The number of hydrogen-bond acceptors (Lipinski definition) is 6. The number of amides is 2. The Morgan fingerprint density at radius 2 is 1.94 bits per heavy atom. The highest BCUT2D eigenvalue weighted by Crippen LogP contribution is 2.26. The molecule has 0 aliphatic rings. The maximum atomic E-state index is 14.7. The fourth-order valence-corrected chi connectivity index (χ4v) is 3.36. The molecular weight excluding hydrogens is 427 g/mol. The van der Waals surface area contributed by atoms with Crippen molar-refractivity contribution >= 4 is 40.2 Å². The Morgan fingerprint density at radius 1 is 1.21 bits per heavy atom. The van der Waals surface area contributed by atoms with E-state index in [-0.39, 0.29) is 23.7 Å². The Bertz CT molecular complexity index is 1190. The first kappa shape index (κ1) is 23.7. The van der Waals surface area contributed by atoms with E-state index in [1.807, 2.05) is 12.1 Å². The number of nitrogens with zero attached hydrogens (tertiary/aromatic N) is 3. The number of aromatic nitrogens is 2. The molecule has 2 aromatic heterocycles. The van der Waals surface area contributed by atoms with E-state index in [2.05, 4.69) is 20.6 Å². The zero-order valence-corrected chi connectivity index (χ0v) is 18.9. The average molecular weight is 455 g/mol. The van der Waals surface area contributed by atoms with Crippen LogP contribution in [0.3, 0.4) is 0 Å². The SMILES string of the molecule is CC(CN(C(=O)O)C(C)(C)C)Nc1nc(Nc2ccc3ncccc3c2)c(C(N)=O)cc1F. The monoisotopic (exact) mass is 454 g/mol. The van der Waals surface area contributed by atoms with Gasteiger partial charge in [-0.05, 0) is 58.0 Å². The van der Waals surface area contributed by atoms with Crippen LogP contribution in [0.1, 0.15) is 38.1 Å². The van der Waals surface area contributed by atoms with Gasteiger partial charge in [0.05, 0.1) is 11.1 Å². The van der Waals surface area contributed by atoms with Crippen molar-refractivity contribution in [2.75, 3.05) is 17.2 Å². The third-order valence-electron chi connectivity index (χ3n) is 4.99. The fourth-order valence-electron chi connectivity index (χ4n) is 3.36. The molecule has 0 aliphatic carbocycles. The van der Waals surface area contributed by atoms with Gasteiger partial charge in [0, 0.05) is 35.4 Å². The maximum absolute atomic E-state index is 14.7. The maximum Gasteiger partial charge on any atom is 0.407 e. The number of halogens is 1. The largest absolute Gasteiger partial charge is 0.465 e. The summed E-state index contributed by atoms with van der Waals surface area (Å²) in [5, 5.41) is 16.3. The number of rotatable bonds is 7. The number of benzene rings is 1. The molecule has 1 atom stereocenters. The van der Waals surface area contributed by atoms with E-state index in [0.717, 1.165) is 17.0 Å². The second-order valence-corrected chi connectivity index (χ2v) is 8.72. The molecule has 0 aliphatic heterocycles. The number of carbonyl (C=O) groups is 2. The molecule has 3 aromatic rings. The number of carbonyl (C=O) groups excluding carboxylic acids is 1. The van der Waals surface area contributed by atoms with Crippen LogP contribution in [-0.4, -0.2) is 50.1 Å². The summed E-state index contributed by atoms with van der Waals surface area (Å²) in [4.78, 5) is 33.3. The van der Waals surface area contributed by atoms with Crippen LogP contribution >= 0.6 is 0 Å². The van der Waals surface area contributed by atoms with Crippen LogP contribution in [-0.2, 0) is 0 Å². The van der Waals surface area contributed by atoms with Crippen molar-refractivity contribution in [3.63, 3.8) is 0 Å². The molecule has 2 heterocycles. The normalized spacial score (nSPS) is 12.3. The summed E-state index contributed by atoms with van der Waals surface area (Å²) < 4.78 is 14.7. The molecule has 2 amide bonds. The van der Waals surface area contributed by atoms with Gasteiger partial charge in [0.15, 0.2) is 11.6 Å². The van der Waals surface area contributed by atoms with E-state index in [4.69, 9.17) is 5.73 Å². The third kappa shape index (κ3) is 5.65. The zero-order valence-electron chi connectivity index (χ0n) is 18.9. The number of pyridine rings is 2. The highest BCUT2D eigenvalue weighted by atomic mass is 19.1. The first-order valence-electron chi connectivity index (χ1n) is 10.3. The average Bonchev–Trinajstić information content (AvgIpc) is 2.73. The van der Waals surface area contributed by atoms with Crippen LogP contribution in [0.25, 0.3) is 10.9 Å². The van der Waals surface area contributed by atoms with Gasteiger partial charge in [0.2, 0.25) is 0 Å². The lowest BCUT2D eigenvalue weighted by Gasteiger charge is -2.35. The molecule has 10 heteroatoms. The Hall–Kier alpha value is -3.95. The van der Waals surface area contributed by atoms with Gasteiger partial charge >= 0.3 is 6.09 Å². The minimum Gasteiger partial charge on any atom is -0.465 e. The smallest absolute Gasteiger partial charge is 0.407 e. The number of primary amides is 1. The van der Waals surface area contributed by atoms with Gasteiger partial charge in [0.1, 0.15) is 5.82 Å². The third-order valence-corrected chi connectivity index (χ3v) is 4.99. The first-order chi connectivity index (χ1) is 15.5. The van der Waals surface area contributed by atoms with Crippen molar-refractivity contribution in [3.05, 3.63) is 54.0 Å². The van der Waals surface area contributed by atoms with Crippen molar-refractivity contribution in [2.45, 2.75) is 39.3 Å². The molecule has 33 heavy (non-hydrogen) atoms. The Morgan fingerprint density at radius 3 is 2.58 bits per heavy atom. The number of anilines is 3. The van der Waals surface area contributed by atoms with Gasteiger partial charge in [-0.1, -0.05) is 6.07 Å². The number of nitrogens with two attached hydrogens (primary N) is 1. The number of nitrogens with one attached hydrogen (secondary N) is 2. The van der Waals surface area contributed by atoms with Crippen molar-refractivity contribution in [2.24, 2.45) is 5.73 Å². The minimum atomic E-state index is -1.08. The van der Waals surface area contributed by atoms with E-state index in [1.165, 1.54) is 4.90 Å². The van der Waals surface area contributed by atoms with Crippen molar-refractivity contribution < 1.29 is 19.1 Å². The lowest BCUT2D eigenvalue weighted by atomic mass is 10.1. The van der Waals surface area contributed by atoms with Crippen LogP contribution in [0.15, 0.2) is 42.6 Å². The molecule has 0 spiro atoms. The Balaban J connectivity index is 1.89. The van der Waals surface area contributed by atoms with Gasteiger partial charge in [-0.15, -0.1) is 0 Å². The summed E-state index contributed by atoms with van der Waals surface area (Å²) in [7, 11) is 0. The second-order valence-electron chi connectivity index (χ2n) is 8.72. The van der Waals surface area contributed by atoms with Crippen molar-refractivity contribution in [3.8, 4) is 0 Å². The van der Waals surface area contributed by atoms with Gasteiger partial charge < -0.3 is 26.4 Å². The molecule has 3 rings (SSSR count). The molecule has 0 radical (unpaired) electrons. The molecule has 174 valence electrons. The Kier molecular flexibility index (Phi) is 6.66. The van der Waals surface area contributed by atoms with Crippen molar-refractivity contribution in [1.82, 2.24) is 14.9 Å². The van der Waals surface area contributed by atoms with Crippen LogP contribution in [0.4, 0.5) is 26.5 Å². The van der Waals surface area contributed by atoms with E-state index < -0.39 is 29.4 Å². The lowest BCUT2D eigenvalue weighted by Crippen LogP contribution is -2.49. The van der Waals surface area contributed by atoms with Gasteiger partial charge in [0.25, 0.3) is 5.91 Å². The molecule has 9 nitrogen and oxygen atoms in total. The van der Waals surface area contributed by atoms with E-state index in [0.29, 0.717) is 5.69 Å². The van der Waals surface area contributed by atoms with E-state index in [9.17, 15) is 19.1 Å². The summed E-state index contributed by atoms with van der Waals surface area (Å²) in [6.07, 6.45) is 0.605. The number of fused-ring (bicyclic) bond motifs is 1. The van der Waals surface area contributed by atoms with Gasteiger partial charge in [-0.3, -0.25) is 9.78 Å². The summed E-state index contributed by atoms with van der Waals surface area (Å²) in [6.45, 7) is 7.13. The summed E-state index contributed by atoms with van der Waals surface area (Å²) >= 11 is 0. The van der Waals surface area contributed by atoms with Gasteiger partial charge in [-0.2, -0.15) is 0 Å². The first-order valence-corrected chi connectivity index (χ1v) is 10.3. The highest BCUT2D eigenvalue weighted by Gasteiger charge is 2.28. The van der Waals surface area contributed by atoms with Crippen LogP contribution in [0.5, 0.6) is 0 Å². The summed E-state index contributed by atoms with van der Waals surface area (Å²) in [5.74, 6) is -1.67. The molecule has 0 saturated carbocycles. The van der Waals surface area contributed by atoms with Crippen LogP contribution < -0.4 is 16.4 Å². The lowest BCUT2D eigenvalue weighted by molar-refractivity contribution is 0.0978. The van der Waals surface area contributed by atoms with E-state index in [1.54, 1.807) is 52.1 Å². The predicted octanol–water partition coefficient (Wildman–Crippen LogP) is 4.19. The standard InChI is InChI=1S/C23H27FN6O3/c1-13(12-30(22(32)33)23(2,3)4)27-21-17(24)11-16(19(25)31)20(29-21)28-15-7-8-18-14(10-15)6-5-9-26-18/h5-11,13H,12H2,1-4H3,(H2,25,31)(H,32,33)(H2,27,28,29). The topological polar surface area (TPSA) is 133 Å². The van der Waals surface area contributed by atoms with Gasteiger partial charge in [-0.25, -0.2) is 14.2 Å². The number of carboxylic acid groups (broad SMARTS) is 1. The predicted molar refractivity (Wildman–Crippen MR) is 125 cm³/mol. The molecule has 0 fully saturated rings. The molecule has 1 aromatic carbocycles. The summed E-state index contributed by atoms with van der Waals surface area (Å²) in [5.41, 5.74) is 6.09. The molecule has 5 N–H and O–H groups in total. The molecule has 0 bridgehead atoms. The quantitative estimate of drug-likeness (QED) is 0.421. The zero-order chi connectivity index (χ0) is 24.3. The van der Waals surface area contributed by atoms with Crippen molar-refractivity contribution in [1.29, 1.82) is 0 Å². The molecule has 0 saturated heterocycles. The van der Waals surface area contributed by atoms with E-state index >= 15 is 0 Å². The highest BCUT2D eigenvalue weighted by molar-refractivity contribution is 5.99.